The first-order valence-electron chi connectivity index (χ1n) is 8.71. The van der Waals surface area contributed by atoms with E-state index in [1.54, 1.807) is 19.9 Å². The number of ether oxygens (including phenoxy) is 1. The topological polar surface area (TPSA) is 95.9 Å². The molecule has 2 rings (SSSR count). The number of carbonyl (C=O) groups is 1. The Kier molecular flexibility index (Phi) is 6.79. The summed E-state index contributed by atoms with van der Waals surface area (Å²) in [5, 5.41) is 12.6. The molecule has 7 nitrogen and oxygen atoms in total. The van der Waals surface area contributed by atoms with Gasteiger partial charge in [-0.1, -0.05) is 12.1 Å². The summed E-state index contributed by atoms with van der Waals surface area (Å²) in [4.78, 5) is 12.4. The van der Waals surface area contributed by atoms with Crippen LogP contribution in [-0.2, 0) is 21.2 Å². The van der Waals surface area contributed by atoms with E-state index in [4.69, 9.17) is 4.74 Å². The Morgan fingerprint density at radius 1 is 1.42 bits per heavy atom. The summed E-state index contributed by atoms with van der Waals surface area (Å²) in [5.74, 6) is -0.227. The van der Waals surface area contributed by atoms with Crippen molar-refractivity contribution in [2.24, 2.45) is 0 Å². The van der Waals surface area contributed by atoms with Gasteiger partial charge in [0, 0.05) is 25.2 Å². The quantitative estimate of drug-likeness (QED) is 0.724. The molecule has 1 saturated heterocycles. The van der Waals surface area contributed by atoms with Crippen LogP contribution in [0.25, 0.3) is 0 Å². The lowest BCUT2D eigenvalue weighted by atomic mass is 9.98. The maximum atomic E-state index is 12.4. The number of nitrogens with one attached hydrogen (secondary N) is 1. The largest absolute Gasteiger partial charge is 0.390 e. The van der Waals surface area contributed by atoms with Gasteiger partial charge in [0.25, 0.3) is 5.91 Å². The summed E-state index contributed by atoms with van der Waals surface area (Å²) in [6, 6.07) is 7.28. The second-order valence-electron chi connectivity index (χ2n) is 7.34. The van der Waals surface area contributed by atoms with Crippen molar-refractivity contribution in [2.75, 3.05) is 32.5 Å². The predicted molar refractivity (Wildman–Crippen MR) is 99.6 cm³/mol. The summed E-state index contributed by atoms with van der Waals surface area (Å²) >= 11 is 0. The molecular weight excluding hydrogens is 356 g/mol. The average molecular weight is 384 g/mol. The molecule has 0 radical (unpaired) electrons. The fourth-order valence-corrected chi connectivity index (χ4v) is 3.59. The van der Waals surface area contributed by atoms with E-state index in [9.17, 15) is 18.3 Å². The van der Waals surface area contributed by atoms with Gasteiger partial charge < -0.3 is 15.2 Å². The highest BCUT2D eigenvalue weighted by molar-refractivity contribution is 7.88. The highest BCUT2D eigenvalue weighted by atomic mass is 32.2. The van der Waals surface area contributed by atoms with Crippen molar-refractivity contribution in [2.45, 2.75) is 38.4 Å². The molecule has 26 heavy (non-hydrogen) atoms. The van der Waals surface area contributed by atoms with Gasteiger partial charge in [-0.25, -0.2) is 8.42 Å². The number of sulfonamides is 1. The average Bonchev–Trinajstić information content (AvgIpc) is 2.57. The summed E-state index contributed by atoms with van der Waals surface area (Å²) in [6.07, 6.45) is 2.10. The lowest BCUT2D eigenvalue weighted by Gasteiger charge is -2.31. The van der Waals surface area contributed by atoms with Crippen molar-refractivity contribution < 1.29 is 23.1 Å². The van der Waals surface area contributed by atoms with E-state index in [-0.39, 0.29) is 25.1 Å². The zero-order valence-corrected chi connectivity index (χ0v) is 16.4. The molecule has 1 aliphatic rings. The van der Waals surface area contributed by atoms with Crippen LogP contribution in [0.1, 0.15) is 36.2 Å². The molecular formula is C18H28N2O5S. The van der Waals surface area contributed by atoms with Crippen LogP contribution in [0.15, 0.2) is 24.3 Å². The molecule has 0 spiro atoms. The molecule has 1 atom stereocenters. The predicted octanol–water partition coefficient (Wildman–Crippen LogP) is 0.780. The molecule has 1 fully saturated rings. The first-order chi connectivity index (χ1) is 12.0. The van der Waals surface area contributed by atoms with Crippen molar-refractivity contribution in [3.05, 3.63) is 35.4 Å². The number of benzene rings is 1. The molecule has 1 aliphatic heterocycles. The third-order valence-corrected chi connectivity index (χ3v) is 5.55. The molecule has 0 bridgehead atoms. The van der Waals surface area contributed by atoms with E-state index in [1.807, 2.05) is 18.2 Å². The van der Waals surface area contributed by atoms with Gasteiger partial charge in [0.1, 0.15) is 0 Å². The second-order valence-corrected chi connectivity index (χ2v) is 9.32. The van der Waals surface area contributed by atoms with E-state index in [2.05, 4.69) is 5.32 Å². The number of aryl methyl sites for hydroxylation is 1. The van der Waals surface area contributed by atoms with Crippen LogP contribution >= 0.6 is 0 Å². The van der Waals surface area contributed by atoms with Crippen LogP contribution in [0, 0.1) is 0 Å². The normalized spacial score (nSPS) is 19.3. The van der Waals surface area contributed by atoms with Crippen LogP contribution in [-0.4, -0.2) is 67.9 Å². The fourth-order valence-electron chi connectivity index (χ4n) is 2.74. The fraction of sp³-hybridized carbons (Fsp3) is 0.611. The van der Waals surface area contributed by atoms with Gasteiger partial charge in [0.05, 0.1) is 24.6 Å². The first kappa shape index (κ1) is 20.8. The van der Waals surface area contributed by atoms with Gasteiger partial charge in [0.15, 0.2) is 0 Å². The molecule has 8 heteroatoms. The van der Waals surface area contributed by atoms with Crippen molar-refractivity contribution >= 4 is 15.9 Å². The number of morpholine rings is 1. The molecule has 0 unspecified atom stereocenters. The van der Waals surface area contributed by atoms with Crippen LogP contribution in [0.4, 0.5) is 0 Å². The zero-order valence-electron chi connectivity index (χ0n) is 15.6. The standard InChI is InChI=1S/C18H28N2O5S/c1-18(2,22)8-7-14-5-4-6-15(11-14)17(21)19-12-16-13-20(9-10-25-16)26(3,23)24/h4-6,11,16,22H,7-10,12-13H2,1-3H3,(H,19,21)/t16-/m1/s1. The molecule has 0 aliphatic carbocycles. The van der Waals surface area contributed by atoms with E-state index >= 15 is 0 Å². The number of hydrogen-bond donors (Lipinski definition) is 2. The molecule has 1 amide bonds. The van der Waals surface area contributed by atoms with Crippen molar-refractivity contribution in [1.82, 2.24) is 9.62 Å². The van der Waals surface area contributed by atoms with Gasteiger partial charge in [-0.2, -0.15) is 4.31 Å². The molecule has 1 aromatic carbocycles. The Bertz CT molecular complexity index is 727. The lowest BCUT2D eigenvalue weighted by Crippen LogP contribution is -2.49. The number of aliphatic hydroxyl groups is 1. The lowest BCUT2D eigenvalue weighted by molar-refractivity contribution is 0.000438. The minimum Gasteiger partial charge on any atom is -0.390 e. The monoisotopic (exact) mass is 384 g/mol. The number of rotatable bonds is 7. The highest BCUT2D eigenvalue weighted by Gasteiger charge is 2.26. The Morgan fingerprint density at radius 3 is 2.81 bits per heavy atom. The molecule has 1 heterocycles. The smallest absolute Gasteiger partial charge is 0.251 e. The van der Waals surface area contributed by atoms with E-state index in [0.717, 1.165) is 5.56 Å². The SMILES string of the molecule is CC(C)(O)CCc1cccc(C(=O)NC[C@@H]2CN(S(C)(=O)=O)CCO2)c1. The minimum absolute atomic E-state index is 0.227. The number of nitrogens with zero attached hydrogens (tertiary/aromatic N) is 1. The third kappa shape index (κ3) is 6.68. The Hall–Kier alpha value is -1.48. The van der Waals surface area contributed by atoms with Gasteiger partial charge in [-0.15, -0.1) is 0 Å². The molecule has 1 aromatic rings. The molecule has 146 valence electrons. The van der Waals surface area contributed by atoms with Crippen LogP contribution in [0.5, 0.6) is 0 Å². The number of carbonyl (C=O) groups excluding carboxylic acids is 1. The summed E-state index contributed by atoms with van der Waals surface area (Å²) < 4.78 is 30.2. The van der Waals surface area contributed by atoms with E-state index in [0.29, 0.717) is 31.6 Å². The first-order valence-corrected chi connectivity index (χ1v) is 10.6. The molecule has 2 N–H and O–H groups in total. The molecule has 0 aromatic heterocycles. The maximum absolute atomic E-state index is 12.4. The van der Waals surface area contributed by atoms with E-state index in [1.165, 1.54) is 10.6 Å². The number of hydrogen-bond acceptors (Lipinski definition) is 5. The van der Waals surface area contributed by atoms with Crippen LogP contribution in [0.2, 0.25) is 0 Å². The van der Waals surface area contributed by atoms with E-state index < -0.39 is 15.6 Å². The number of amides is 1. The summed E-state index contributed by atoms with van der Waals surface area (Å²) in [6.45, 7) is 4.66. The van der Waals surface area contributed by atoms with Gasteiger partial charge in [-0.05, 0) is 44.4 Å². The van der Waals surface area contributed by atoms with Crippen LogP contribution in [0.3, 0.4) is 0 Å². The Labute approximate surface area is 155 Å². The van der Waals surface area contributed by atoms with Gasteiger partial charge in [-0.3, -0.25) is 4.79 Å². The molecule has 0 saturated carbocycles. The van der Waals surface area contributed by atoms with Crippen molar-refractivity contribution in [1.29, 1.82) is 0 Å². The van der Waals surface area contributed by atoms with Gasteiger partial charge in [0.2, 0.25) is 10.0 Å². The summed E-state index contributed by atoms with van der Waals surface area (Å²) in [7, 11) is -3.25. The van der Waals surface area contributed by atoms with Crippen molar-refractivity contribution in [3.8, 4) is 0 Å². The Morgan fingerprint density at radius 2 is 2.15 bits per heavy atom. The van der Waals surface area contributed by atoms with Crippen LogP contribution < -0.4 is 5.32 Å². The zero-order chi connectivity index (χ0) is 19.4. The Balaban J connectivity index is 1.89. The van der Waals surface area contributed by atoms with Gasteiger partial charge >= 0.3 is 0 Å². The van der Waals surface area contributed by atoms with Crippen molar-refractivity contribution in [3.63, 3.8) is 0 Å². The minimum atomic E-state index is -3.25. The third-order valence-electron chi connectivity index (χ3n) is 4.28. The summed E-state index contributed by atoms with van der Waals surface area (Å²) in [5.41, 5.74) is 0.771. The highest BCUT2D eigenvalue weighted by Crippen LogP contribution is 2.14. The maximum Gasteiger partial charge on any atom is 0.251 e. The second kappa shape index (κ2) is 8.47.